The Kier molecular flexibility index (Phi) is 7.44. The highest BCUT2D eigenvalue weighted by Gasteiger charge is 2.44. The Bertz CT molecular complexity index is 749. The molecule has 1 amide bonds. The molecule has 1 aromatic carbocycles. The van der Waals surface area contributed by atoms with Crippen molar-refractivity contribution in [3.63, 3.8) is 0 Å². The average molecular weight is 418 g/mol. The van der Waals surface area contributed by atoms with Crippen LogP contribution in [-0.4, -0.2) is 70.3 Å². The van der Waals surface area contributed by atoms with Gasteiger partial charge in [0.2, 0.25) is 5.91 Å². The van der Waals surface area contributed by atoms with Crippen molar-refractivity contribution in [3.05, 3.63) is 35.9 Å². The maximum absolute atomic E-state index is 13.0. The first-order valence-corrected chi connectivity index (χ1v) is 10.5. The van der Waals surface area contributed by atoms with Gasteiger partial charge in [-0.3, -0.25) is 14.9 Å². The number of carbonyl (C=O) groups is 3. The minimum absolute atomic E-state index is 0.00176. The van der Waals surface area contributed by atoms with E-state index in [0.717, 1.165) is 18.4 Å². The Labute approximate surface area is 176 Å². The van der Waals surface area contributed by atoms with Gasteiger partial charge in [-0.15, -0.1) is 0 Å². The van der Waals surface area contributed by atoms with Crippen molar-refractivity contribution in [2.75, 3.05) is 13.2 Å². The third-order valence-corrected chi connectivity index (χ3v) is 6.08. The Morgan fingerprint density at radius 1 is 1.23 bits per heavy atom. The zero-order valence-electron chi connectivity index (χ0n) is 17.2. The second-order valence-electron chi connectivity index (χ2n) is 8.20. The number of rotatable bonds is 9. The molecule has 0 aliphatic carbocycles. The van der Waals surface area contributed by atoms with Gasteiger partial charge >= 0.3 is 11.9 Å². The van der Waals surface area contributed by atoms with Gasteiger partial charge in [-0.2, -0.15) is 0 Å². The third kappa shape index (κ3) is 5.37. The molecule has 2 aliphatic rings. The molecule has 8 heteroatoms. The lowest BCUT2D eigenvalue weighted by atomic mass is 9.97. The molecule has 8 nitrogen and oxygen atoms in total. The zero-order chi connectivity index (χ0) is 21.7. The second kappa shape index (κ2) is 10.0. The van der Waals surface area contributed by atoms with Crippen LogP contribution in [0.2, 0.25) is 0 Å². The van der Waals surface area contributed by atoms with Crippen molar-refractivity contribution in [1.29, 1.82) is 0 Å². The second-order valence-corrected chi connectivity index (χ2v) is 8.20. The summed E-state index contributed by atoms with van der Waals surface area (Å²) in [4.78, 5) is 37.8. The first-order chi connectivity index (χ1) is 14.4. The van der Waals surface area contributed by atoms with E-state index < -0.39 is 30.1 Å². The fourth-order valence-corrected chi connectivity index (χ4v) is 4.45. The number of nitrogens with zero attached hydrogens (tertiary/aromatic N) is 1. The number of likely N-dealkylation sites (tertiary alicyclic amines) is 1. The molecule has 0 radical (unpaired) electrons. The van der Waals surface area contributed by atoms with E-state index in [2.05, 4.69) is 5.32 Å². The number of benzene rings is 1. The van der Waals surface area contributed by atoms with Crippen LogP contribution in [0.4, 0.5) is 0 Å². The normalized spacial score (nSPS) is 25.8. The largest absolute Gasteiger partial charge is 0.480 e. The first-order valence-electron chi connectivity index (χ1n) is 10.5. The quantitative estimate of drug-likeness (QED) is 0.557. The lowest BCUT2D eigenvalue weighted by Crippen LogP contribution is -2.53. The van der Waals surface area contributed by atoms with E-state index in [9.17, 15) is 24.6 Å². The van der Waals surface area contributed by atoms with Crippen molar-refractivity contribution in [2.45, 2.75) is 63.3 Å². The van der Waals surface area contributed by atoms with Crippen LogP contribution in [0.1, 0.15) is 38.2 Å². The molecule has 164 valence electrons. The van der Waals surface area contributed by atoms with Crippen molar-refractivity contribution in [3.8, 4) is 0 Å². The van der Waals surface area contributed by atoms with Crippen LogP contribution in [0.15, 0.2) is 30.3 Å². The Morgan fingerprint density at radius 3 is 2.57 bits per heavy atom. The molecule has 2 aliphatic heterocycles. The first kappa shape index (κ1) is 22.2. The topological polar surface area (TPSA) is 116 Å². The molecular weight excluding hydrogens is 388 g/mol. The lowest BCUT2D eigenvalue weighted by molar-refractivity contribution is -0.149. The fraction of sp³-hybridized carbons (Fsp3) is 0.591. The van der Waals surface area contributed by atoms with Gasteiger partial charge in [-0.25, -0.2) is 4.79 Å². The number of hydrogen-bond donors (Lipinski definition) is 3. The molecule has 0 spiro atoms. The monoisotopic (exact) mass is 418 g/mol. The zero-order valence-corrected chi connectivity index (χ0v) is 17.2. The molecule has 3 rings (SSSR count). The summed E-state index contributed by atoms with van der Waals surface area (Å²) in [5, 5.41) is 22.1. The summed E-state index contributed by atoms with van der Waals surface area (Å²) >= 11 is 0. The van der Waals surface area contributed by atoms with Crippen LogP contribution in [0.5, 0.6) is 0 Å². The van der Waals surface area contributed by atoms with E-state index in [1.165, 1.54) is 4.90 Å². The van der Waals surface area contributed by atoms with Crippen LogP contribution in [0.25, 0.3) is 0 Å². The van der Waals surface area contributed by atoms with E-state index in [1.54, 1.807) is 6.92 Å². The van der Waals surface area contributed by atoms with Gasteiger partial charge in [0.15, 0.2) is 0 Å². The lowest BCUT2D eigenvalue weighted by Gasteiger charge is -2.27. The number of nitrogens with one attached hydrogen (secondary N) is 1. The smallest absolute Gasteiger partial charge is 0.326 e. The average Bonchev–Trinajstić information content (AvgIpc) is 3.40. The summed E-state index contributed by atoms with van der Waals surface area (Å²) in [6.07, 6.45) is 3.09. The Balaban J connectivity index is 1.61. The number of aliphatic carboxylic acids is 2. The number of amides is 1. The van der Waals surface area contributed by atoms with Gasteiger partial charge in [0.05, 0.1) is 12.1 Å². The van der Waals surface area contributed by atoms with Crippen molar-refractivity contribution >= 4 is 17.8 Å². The predicted octanol–water partition coefficient (Wildman–Crippen LogP) is 1.53. The molecule has 2 heterocycles. The third-order valence-electron chi connectivity index (χ3n) is 6.08. The number of hydrogen-bond acceptors (Lipinski definition) is 5. The van der Waals surface area contributed by atoms with Crippen molar-refractivity contribution < 1.29 is 29.3 Å². The number of carbonyl (C=O) groups excluding carboxylic acids is 1. The van der Waals surface area contributed by atoms with Crippen molar-refractivity contribution in [2.24, 2.45) is 5.92 Å². The summed E-state index contributed by atoms with van der Waals surface area (Å²) in [5.74, 6) is -2.44. The van der Waals surface area contributed by atoms with E-state index >= 15 is 0 Å². The summed E-state index contributed by atoms with van der Waals surface area (Å²) < 4.78 is 5.70. The van der Waals surface area contributed by atoms with E-state index in [1.807, 2.05) is 30.3 Å². The van der Waals surface area contributed by atoms with Crippen molar-refractivity contribution in [1.82, 2.24) is 10.2 Å². The number of carboxylic acids is 2. The van der Waals surface area contributed by atoms with E-state index in [-0.39, 0.29) is 17.9 Å². The summed E-state index contributed by atoms with van der Waals surface area (Å²) in [6, 6.07) is 6.96. The van der Waals surface area contributed by atoms with E-state index in [0.29, 0.717) is 32.4 Å². The van der Waals surface area contributed by atoms with Gasteiger partial charge < -0.3 is 19.8 Å². The highest BCUT2D eigenvalue weighted by Crippen LogP contribution is 2.32. The Morgan fingerprint density at radius 2 is 1.97 bits per heavy atom. The molecule has 0 bridgehead atoms. The molecular formula is C22H30N2O6. The molecule has 2 fully saturated rings. The fourth-order valence-electron chi connectivity index (χ4n) is 4.45. The summed E-state index contributed by atoms with van der Waals surface area (Å²) in [7, 11) is 0. The van der Waals surface area contributed by atoms with Gasteiger partial charge in [0.25, 0.3) is 0 Å². The van der Waals surface area contributed by atoms with Gasteiger partial charge in [0, 0.05) is 19.1 Å². The maximum Gasteiger partial charge on any atom is 0.326 e. The van der Waals surface area contributed by atoms with Gasteiger partial charge in [-0.1, -0.05) is 30.3 Å². The van der Waals surface area contributed by atoms with Crippen LogP contribution in [0.3, 0.4) is 0 Å². The number of carboxylic acid groups (broad SMARTS) is 2. The van der Waals surface area contributed by atoms with Crippen LogP contribution >= 0.6 is 0 Å². The number of aryl methyl sites for hydroxylation is 1. The standard InChI is InChI=1S/C22H30N2O6/c1-14(23-17(21(26)27)10-9-15-6-3-2-4-7-15)20(25)24-13-16(12-18(24)22(28)29)19-8-5-11-30-19/h2-4,6-7,14,16-19,23H,5,8-13H2,1H3,(H,26,27)(H,28,29)/t14-,16?,17-,18-,19+/m0/s1. The molecule has 1 aromatic rings. The predicted molar refractivity (Wildman–Crippen MR) is 109 cm³/mol. The molecule has 5 atom stereocenters. The molecule has 30 heavy (non-hydrogen) atoms. The van der Waals surface area contributed by atoms with Crippen LogP contribution in [-0.2, 0) is 25.5 Å². The van der Waals surface area contributed by atoms with Gasteiger partial charge in [-0.05, 0) is 44.6 Å². The van der Waals surface area contributed by atoms with E-state index in [4.69, 9.17) is 4.74 Å². The minimum Gasteiger partial charge on any atom is -0.480 e. The molecule has 2 saturated heterocycles. The minimum atomic E-state index is -1.03. The van der Waals surface area contributed by atoms with Crippen LogP contribution < -0.4 is 5.32 Å². The summed E-state index contributed by atoms with van der Waals surface area (Å²) in [5.41, 5.74) is 1.02. The maximum atomic E-state index is 13.0. The SMILES string of the molecule is C[C@H](N[C@@H](CCc1ccccc1)C(=O)O)C(=O)N1CC([C@H]2CCCO2)C[C@H]1C(=O)O. The highest BCUT2D eigenvalue weighted by atomic mass is 16.5. The molecule has 0 aromatic heterocycles. The number of ether oxygens (including phenoxy) is 1. The summed E-state index contributed by atoms with van der Waals surface area (Å²) in [6.45, 7) is 2.60. The highest BCUT2D eigenvalue weighted by molar-refractivity contribution is 5.88. The molecule has 0 saturated carbocycles. The Hall–Kier alpha value is -2.45. The molecule has 1 unspecified atom stereocenters. The van der Waals surface area contributed by atoms with Crippen LogP contribution in [0, 0.1) is 5.92 Å². The van der Waals surface area contributed by atoms with Gasteiger partial charge in [0.1, 0.15) is 12.1 Å². The molecule has 3 N–H and O–H groups in total.